The summed E-state index contributed by atoms with van der Waals surface area (Å²) >= 11 is 3.53. The molecular formula is C16H21BrN2O. The van der Waals surface area contributed by atoms with E-state index in [1.54, 1.807) is 0 Å². The highest BCUT2D eigenvalue weighted by atomic mass is 79.9. The molecule has 2 N–H and O–H groups in total. The standard InChI is InChI=1S/C16H21BrN2O/c1-4-8-15(18)16(20)19(11-5-2)12(3)13-9-6-7-10-14(13)17/h1,6-7,9-10,12,15H,5,8,11,18H2,2-3H3. The van der Waals surface area contributed by atoms with Gasteiger partial charge in [0.05, 0.1) is 12.1 Å². The van der Waals surface area contributed by atoms with Gasteiger partial charge < -0.3 is 10.6 Å². The molecule has 1 rings (SSSR count). The van der Waals surface area contributed by atoms with E-state index < -0.39 is 6.04 Å². The highest BCUT2D eigenvalue weighted by Crippen LogP contribution is 2.28. The third-order valence-electron chi connectivity index (χ3n) is 3.23. The first-order valence-corrected chi connectivity index (χ1v) is 7.56. The molecule has 0 aliphatic heterocycles. The van der Waals surface area contributed by atoms with Crippen molar-refractivity contribution in [1.29, 1.82) is 0 Å². The van der Waals surface area contributed by atoms with Gasteiger partial charge in [0.1, 0.15) is 0 Å². The zero-order chi connectivity index (χ0) is 15.1. The summed E-state index contributed by atoms with van der Waals surface area (Å²) in [5.41, 5.74) is 6.94. The second-order valence-electron chi connectivity index (χ2n) is 4.74. The summed E-state index contributed by atoms with van der Waals surface area (Å²) in [6, 6.07) is 7.24. The average Bonchev–Trinajstić information content (AvgIpc) is 2.44. The molecule has 108 valence electrons. The summed E-state index contributed by atoms with van der Waals surface area (Å²) in [4.78, 5) is 14.2. The number of hydrogen-bond donors (Lipinski definition) is 1. The molecule has 0 saturated heterocycles. The minimum absolute atomic E-state index is 0.0400. The van der Waals surface area contributed by atoms with Gasteiger partial charge in [-0.3, -0.25) is 4.79 Å². The number of benzene rings is 1. The maximum absolute atomic E-state index is 12.4. The van der Waals surface area contributed by atoms with E-state index in [0.717, 1.165) is 16.5 Å². The Labute approximate surface area is 129 Å². The molecular weight excluding hydrogens is 316 g/mol. The smallest absolute Gasteiger partial charge is 0.240 e. The van der Waals surface area contributed by atoms with Crippen LogP contribution in [0.4, 0.5) is 0 Å². The van der Waals surface area contributed by atoms with Gasteiger partial charge in [-0.05, 0) is 25.0 Å². The van der Waals surface area contributed by atoms with Crippen molar-refractivity contribution >= 4 is 21.8 Å². The molecule has 0 fully saturated rings. The molecule has 2 atom stereocenters. The van der Waals surface area contributed by atoms with Crippen LogP contribution in [0.2, 0.25) is 0 Å². The number of nitrogens with two attached hydrogens (primary N) is 1. The molecule has 3 nitrogen and oxygen atoms in total. The largest absolute Gasteiger partial charge is 0.335 e. The van der Waals surface area contributed by atoms with Crippen LogP contribution in [0.3, 0.4) is 0 Å². The van der Waals surface area contributed by atoms with Gasteiger partial charge in [-0.1, -0.05) is 41.1 Å². The summed E-state index contributed by atoms with van der Waals surface area (Å²) in [5, 5.41) is 0. The van der Waals surface area contributed by atoms with Crippen molar-refractivity contribution in [3.8, 4) is 12.3 Å². The Morgan fingerprint density at radius 3 is 2.70 bits per heavy atom. The second-order valence-corrected chi connectivity index (χ2v) is 5.60. The number of terminal acetylenes is 1. The van der Waals surface area contributed by atoms with Gasteiger partial charge in [0.15, 0.2) is 0 Å². The fourth-order valence-electron chi connectivity index (χ4n) is 2.14. The Hall–Kier alpha value is -1.31. The predicted molar refractivity (Wildman–Crippen MR) is 86.0 cm³/mol. The Bertz CT molecular complexity index is 495. The lowest BCUT2D eigenvalue weighted by Gasteiger charge is -2.31. The molecule has 2 unspecified atom stereocenters. The van der Waals surface area contributed by atoms with Gasteiger partial charge >= 0.3 is 0 Å². The molecule has 0 radical (unpaired) electrons. The van der Waals surface area contributed by atoms with E-state index in [0.29, 0.717) is 6.54 Å². The maximum atomic E-state index is 12.4. The van der Waals surface area contributed by atoms with Gasteiger partial charge in [-0.2, -0.15) is 0 Å². The predicted octanol–water partition coefficient (Wildman–Crippen LogP) is 3.10. The van der Waals surface area contributed by atoms with E-state index in [1.807, 2.05) is 43.0 Å². The molecule has 1 aromatic carbocycles. The molecule has 0 aliphatic carbocycles. The van der Waals surface area contributed by atoms with E-state index >= 15 is 0 Å². The highest BCUT2D eigenvalue weighted by molar-refractivity contribution is 9.10. The minimum atomic E-state index is -0.628. The fraction of sp³-hybridized carbons (Fsp3) is 0.438. The number of amides is 1. The van der Waals surface area contributed by atoms with Gasteiger partial charge in [0, 0.05) is 17.4 Å². The second kappa shape index (κ2) is 8.08. The molecule has 0 aromatic heterocycles. The first-order valence-electron chi connectivity index (χ1n) is 6.76. The summed E-state index contributed by atoms with van der Waals surface area (Å²) in [6.07, 6.45) is 6.39. The molecule has 0 saturated carbocycles. The van der Waals surface area contributed by atoms with Crippen LogP contribution in [-0.2, 0) is 4.79 Å². The van der Waals surface area contributed by atoms with Crippen molar-refractivity contribution in [3.63, 3.8) is 0 Å². The molecule has 0 spiro atoms. The van der Waals surface area contributed by atoms with Crippen molar-refractivity contribution in [2.45, 2.75) is 38.8 Å². The minimum Gasteiger partial charge on any atom is -0.335 e. The number of carbonyl (C=O) groups excluding carboxylic acids is 1. The number of carbonyl (C=O) groups is 1. The number of rotatable bonds is 6. The molecule has 1 amide bonds. The van der Waals surface area contributed by atoms with Gasteiger partial charge in [-0.15, -0.1) is 12.3 Å². The van der Waals surface area contributed by atoms with E-state index in [-0.39, 0.29) is 18.4 Å². The van der Waals surface area contributed by atoms with Crippen molar-refractivity contribution in [1.82, 2.24) is 4.90 Å². The Balaban J connectivity index is 2.99. The number of halogens is 1. The quantitative estimate of drug-likeness (QED) is 0.811. The van der Waals surface area contributed by atoms with E-state index in [1.165, 1.54) is 0 Å². The summed E-state index contributed by atoms with van der Waals surface area (Å²) < 4.78 is 0.993. The summed E-state index contributed by atoms with van der Waals surface area (Å²) in [5.74, 6) is 2.36. The molecule has 4 heteroatoms. The van der Waals surface area contributed by atoms with Gasteiger partial charge in [0.25, 0.3) is 0 Å². The van der Waals surface area contributed by atoms with Crippen LogP contribution < -0.4 is 5.73 Å². The third kappa shape index (κ3) is 4.09. The van der Waals surface area contributed by atoms with E-state index in [2.05, 4.69) is 21.9 Å². The van der Waals surface area contributed by atoms with Crippen molar-refractivity contribution in [2.75, 3.05) is 6.54 Å². The van der Waals surface area contributed by atoms with Gasteiger partial charge in [-0.25, -0.2) is 0 Å². The van der Waals surface area contributed by atoms with Crippen LogP contribution in [-0.4, -0.2) is 23.4 Å². The van der Waals surface area contributed by atoms with E-state index in [9.17, 15) is 4.79 Å². The third-order valence-corrected chi connectivity index (χ3v) is 3.95. The zero-order valence-corrected chi connectivity index (χ0v) is 13.6. The molecule has 0 aliphatic rings. The first-order chi connectivity index (χ1) is 9.52. The monoisotopic (exact) mass is 336 g/mol. The lowest BCUT2D eigenvalue weighted by molar-refractivity contribution is -0.134. The van der Waals surface area contributed by atoms with Crippen LogP contribution in [0.15, 0.2) is 28.7 Å². The lowest BCUT2D eigenvalue weighted by atomic mass is 10.0. The SMILES string of the molecule is C#CCC(N)C(=O)N(CCC)C(C)c1ccccc1Br. The summed E-state index contributed by atoms with van der Waals surface area (Å²) in [6.45, 7) is 4.72. The van der Waals surface area contributed by atoms with Crippen LogP contribution in [0.1, 0.15) is 38.3 Å². The van der Waals surface area contributed by atoms with Crippen LogP contribution in [0.25, 0.3) is 0 Å². The number of nitrogens with zero attached hydrogens (tertiary/aromatic N) is 1. The molecule has 1 aromatic rings. The Kier molecular flexibility index (Phi) is 6.77. The normalized spacial score (nSPS) is 13.3. The molecule has 0 bridgehead atoms. The fourth-order valence-corrected chi connectivity index (χ4v) is 2.76. The van der Waals surface area contributed by atoms with Crippen LogP contribution >= 0.6 is 15.9 Å². The summed E-state index contributed by atoms with van der Waals surface area (Å²) in [7, 11) is 0. The number of hydrogen-bond acceptors (Lipinski definition) is 2. The Morgan fingerprint density at radius 2 is 2.15 bits per heavy atom. The topological polar surface area (TPSA) is 46.3 Å². The van der Waals surface area contributed by atoms with Crippen molar-refractivity contribution < 1.29 is 4.79 Å². The zero-order valence-electron chi connectivity index (χ0n) is 12.0. The molecule has 20 heavy (non-hydrogen) atoms. The van der Waals surface area contributed by atoms with Crippen LogP contribution in [0.5, 0.6) is 0 Å². The first kappa shape index (κ1) is 16.7. The molecule has 0 heterocycles. The van der Waals surface area contributed by atoms with E-state index in [4.69, 9.17) is 12.2 Å². The maximum Gasteiger partial charge on any atom is 0.240 e. The van der Waals surface area contributed by atoms with Crippen molar-refractivity contribution in [3.05, 3.63) is 34.3 Å². The van der Waals surface area contributed by atoms with Crippen LogP contribution in [0, 0.1) is 12.3 Å². The Morgan fingerprint density at radius 1 is 1.50 bits per heavy atom. The van der Waals surface area contributed by atoms with Gasteiger partial charge in [0.2, 0.25) is 5.91 Å². The average molecular weight is 337 g/mol. The highest BCUT2D eigenvalue weighted by Gasteiger charge is 2.25. The lowest BCUT2D eigenvalue weighted by Crippen LogP contribution is -2.45. The van der Waals surface area contributed by atoms with Crippen molar-refractivity contribution in [2.24, 2.45) is 5.73 Å².